The zero-order valence-corrected chi connectivity index (χ0v) is 13.6. The van der Waals surface area contributed by atoms with Gasteiger partial charge >= 0.3 is 0 Å². The molecule has 2 aliphatic carbocycles. The lowest BCUT2D eigenvalue weighted by Crippen LogP contribution is -2.27. The molecule has 118 valence electrons. The average molecular weight is 298 g/mol. The largest absolute Gasteiger partial charge is 0.493 e. The quantitative estimate of drug-likeness (QED) is 0.740. The number of terminal acetylenes is 1. The van der Waals surface area contributed by atoms with Crippen LogP contribution in [0.4, 0.5) is 0 Å². The zero-order valence-electron chi connectivity index (χ0n) is 13.6. The van der Waals surface area contributed by atoms with Gasteiger partial charge < -0.3 is 9.47 Å². The Morgan fingerprint density at radius 1 is 1.05 bits per heavy atom. The molecule has 2 saturated carbocycles. The Hall–Kier alpha value is -1.62. The third-order valence-corrected chi connectivity index (χ3v) is 5.30. The lowest BCUT2D eigenvalue weighted by molar-refractivity contribution is 0.200. The van der Waals surface area contributed by atoms with Crippen molar-refractivity contribution in [1.82, 2.24) is 0 Å². The minimum atomic E-state index is -0.113. The molecule has 0 radical (unpaired) electrons. The number of hydrogen-bond acceptors (Lipinski definition) is 2. The predicted octanol–water partition coefficient (Wildman–Crippen LogP) is 4.85. The van der Waals surface area contributed by atoms with E-state index in [-0.39, 0.29) is 5.41 Å². The van der Waals surface area contributed by atoms with E-state index in [2.05, 4.69) is 18.1 Å². The number of methoxy groups -OCH3 is 1. The van der Waals surface area contributed by atoms with E-state index in [0.29, 0.717) is 6.10 Å². The molecule has 0 aliphatic heterocycles. The summed E-state index contributed by atoms with van der Waals surface area (Å²) in [5.74, 6) is 4.78. The van der Waals surface area contributed by atoms with Crippen LogP contribution in [0.1, 0.15) is 63.4 Å². The Kier molecular flexibility index (Phi) is 4.62. The normalized spacial score (nSPS) is 21.3. The first-order valence-corrected chi connectivity index (χ1v) is 8.60. The van der Waals surface area contributed by atoms with Gasteiger partial charge in [0.25, 0.3) is 0 Å². The minimum absolute atomic E-state index is 0.113. The summed E-state index contributed by atoms with van der Waals surface area (Å²) in [6.07, 6.45) is 17.0. The highest BCUT2D eigenvalue weighted by atomic mass is 16.5. The molecule has 0 N–H and O–H groups in total. The Labute approximate surface area is 134 Å². The number of benzene rings is 1. The molecular formula is C20H26O2. The Balaban J connectivity index is 1.90. The maximum absolute atomic E-state index is 6.22. The van der Waals surface area contributed by atoms with E-state index < -0.39 is 0 Å². The molecule has 0 atom stereocenters. The van der Waals surface area contributed by atoms with Gasteiger partial charge in [0.1, 0.15) is 0 Å². The van der Waals surface area contributed by atoms with Crippen LogP contribution in [0.2, 0.25) is 0 Å². The molecule has 3 rings (SSSR count). The lowest BCUT2D eigenvalue weighted by Gasteiger charge is -2.33. The van der Waals surface area contributed by atoms with Crippen LogP contribution in [0.3, 0.4) is 0 Å². The van der Waals surface area contributed by atoms with E-state index in [4.69, 9.17) is 15.9 Å². The van der Waals surface area contributed by atoms with Crippen molar-refractivity contribution < 1.29 is 9.47 Å². The van der Waals surface area contributed by atoms with Crippen molar-refractivity contribution in [2.75, 3.05) is 7.11 Å². The molecule has 0 aromatic heterocycles. The molecule has 0 spiro atoms. The molecular weight excluding hydrogens is 272 g/mol. The third-order valence-electron chi connectivity index (χ3n) is 5.30. The lowest BCUT2D eigenvalue weighted by atomic mass is 9.70. The maximum atomic E-state index is 6.22. The fourth-order valence-electron chi connectivity index (χ4n) is 3.92. The summed E-state index contributed by atoms with van der Waals surface area (Å²) in [4.78, 5) is 0. The molecule has 1 aromatic rings. The molecule has 0 amide bonds. The van der Waals surface area contributed by atoms with E-state index in [1.54, 1.807) is 7.11 Å². The van der Waals surface area contributed by atoms with Crippen molar-refractivity contribution in [3.8, 4) is 23.8 Å². The molecule has 1 aromatic carbocycles. The molecule has 0 saturated heterocycles. The van der Waals surface area contributed by atoms with Crippen LogP contribution in [-0.2, 0) is 5.41 Å². The third kappa shape index (κ3) is 2.95. The van der Waals surface area contributed by atoms with Gasteiger partial charge in [-0.2, -0.15) is 0 Å². The number of hydrogen-bond donors (Lipinski definition) is 0. The molecule has 0 heterocycles. The fourth-order valence-corrected chi connectivity index (χ4v) is 3.92. The Morgan fingerprint density at radius 2 is 1.77 bits per heavy atom. The zero-order chi connectivity index (χ0) is 15.4. The van der Waals surface area contributed by atoms with Crippen LogP contribution in [0.15, 0.2) is 18.2 Å². The smallest absolute Gasteiger partial charge is 0.161 e. The molecule has 0 bridgehead atoms. The average Bonchev–Trinajstić information content (AvgIpc) is 3.08. The van der Waals surface area contributed by atoms with Gasteiger partial charge in [-0.05, 0) is 56.2 Å². The summed E-state index contributed by atoms with van der Waals surface area (Å²) in [6.45, 7) is 0. The monoisotopic (exact) mass is 298 g/mol. The SMILES string of the molecule is C#CC1(c2ccc(OC)c(OC3CCCC3)c2)CCCCC1. The van der Waals surface area contributed by atoms with Gasteiger partial charge in [0.15, 0.2) is 11.5 Å². The van der Waals surface area contributed by atoms with Crippen LogP contribution in [0.25, 0.3) is 0 Å². The molecule has 2 heteroatoms. The van der Waals surface area contributed by atoms with Crippen LogP contribution < -0.4 is 9.47 Å². The summed E-state index contributed by atoms with van der Waals surface area (Å²) in [5, 5.41) is 0. The Morgan fingerprint density at radius 3 is 2.41 bits per heavy atom. The van der Waals surface area contributed by atoms with Crippen molar-refractivity contribution in [3.05, 3.63) is 23.8 Å². The molecule has 0 unspecified atom stereocenters. The highest BCUT2D eigenvalue weighted by Crippen LogP contribution is 2.42. The van der Waals surface area contributed by atoms with Gasteiger partial charge in [0.05, 0.1) is 18.6 Å². The standard InChI is InChI=1S/C20H26O2/c1-3-20(13-7-4-8-14-20)16-11-12-18(21-2)19(15-16)22-17-9-5-6-10-17/h1,11-12,15,17H,4-10,13-14H2,2H3. The van der Waals surface area contributed by atoms with E-state index in [9.17, 15) is 0 Å². The van der Waals surface area contributed by atoms with Gasteiger partial charge in [0, 0.05) is 0 Å². The second-order valence-corrected chi connectivity index (χ2v) is 6.68. The van der Waals surface area contributed by atoms with Gasteiger partial charge in [-0.15, -0.1) is 6.42 Å². The van der Waals surface area contributed by atoms with Crippen molar-refractivity contribution in [2.24, 2.45) is 0 Å². The van der Waals surface area contributed by atoms with Gasteiger partial charge in [-0.3, -0.25) is 0 Å². The van der Waals surface area contributed by atoms with Crippen molar-refractivity contribution in [2.45, 2.75) is 69.3 Å². The summed E-state index contributed by atoms with van der Waals surface area (Å²) < 4.78 is 11.7. The molecule has 22 heavy (non-hydrogen) atoms. The molecule has 2 nitrogen and oxygen atoms in total. The molecule has 2 fully saturated rings. The van der Waals surface area contributed by atoms with E-state index in [1.807, 2.05) is 6.07 Å². The fraction of sp³-hybridized carbons (Fsp3) is 0.600. The van der Waals surface area contributed by atoms with E-state index in [1.165, 1.54) is 37.7 Å². The summed E-state index contributed by atoms with van der Waals surface area (Å²) in [6, 6.07) is 6.29. The summed E-state index contributed by atoms with van der Waals surface area (Å²) in [7, 11) is 1.70. The number of rotatable bonds is 4. The topological polar surface area (TPSA) is 18.5 Å². The minimum Gasteiger partial charge on any atom is -0.493 e. The highest BCUT2D eigenvalue weighted by molar-refractivity contribution is 5.48. The van der Waals surface area contributed by atoms with Gasteiger partial charge in [-0.1, -0.05) is 31.2 Å². The first-order valence-electron chi connectivity index (χ1n) is 8.60. The molecule has 2 aliphatic rings. The van der Waals surface area contributed by atoms with Gasteiger partial charge in [0.2, 0.25) is 0 Å². The first kappa shape index (κ1) is 15.3. The number of ether oxygens (including phenoxy) is 2. The van der Waals surface area contributed by atoms with Crippen LogP contribution in [0.5, 0.6) is 11.5 Å². The van der Waals surface area contributed by atoms with Crippen molar-refractivity contribution in [1.29, 1.82) is 0 Å². The first-order chi connectivity index (χ1) is 10.8. The maximum Gasteiger partial charge on any atom is 0.161 e. The second kappa shape index (κ2) is 6.65. The van der Waals surface area contributed by atoms with Crippen LogP contribution in [0, 0.1) is 12.3 Å². The van der Waals surface area contributed by atoms with Gasteiger partial charge in [-0.25, -0.2) is 0 Å². The highest BCUT2D eigenvalue weighted by Gasteiger charge is 2.33. The predicted molar refractivity (Wildman–Crippen MR) is 89.5 cm³/mol. The Bertz CT molecular complexity index is 543. The summed E-state index contributed by atoms with van der Waals surface area (Å²) >= 11 is 0. The van der Waals surface area contributed by atoms with E-state index in [0.717, 1.165) is 37.2 Å². The van der Waals surface area contributed by atoms with Crippen molar-refractivity contribution in [3.63, 3.8) is 0 Å². The van der Waals surface area contributed by atoms with Crippen molar-refractivity contribution >= 4 is 0 Å². The van der Waals surface area contributed by atoms with Crippen LogP contribution in [-0.4, -0.2) is 13.2 Å². The summed E-state index contributed by atoms with van der Waals surface area (Å²) in [5.41, 5.74) is 1.11. The second-order valence-electron chi connectivity index (χ2n) is 6.68. The van der Waals surface area contributed by atoms with Crippen LogP contribution >= 0.6 is 0 Å². The van der Waals surface area contributed by atoms with E-state index >= 15 is 0 Å².